The molecule has 47 heavy (non-hydrogen) atoms. The molecule has 4 aliphatic rings. The zero-order chi connectivity index (χ0) is 32.5. The number of aromatic nitrogens is 2. The Hall–Kier alpha value is -4.27. The second-order valence-electron chi connectivity index (χ2n) is 13.3. The van der Waals surface area contributed by atoms with E-state index in [9.17, 15) is 14.4 Å². The molecular formula is C36H42FN7O3. The monoisotopic (exact) mass is 639 g/mol. The summed E-state index contributed by atoms with van der Waals surface area (Å²) in [5.74, 6) is 0.442. The van der Waals surface area contributed by atoms with Gasteiger partial charge in [-0.2, -0.15) is 15.2 Å². The van der Waals surface area contributed by atoms with Crippen LogP contribution in [0.15, 0.2) is 43.0 Å². The van der Waals surface area contributed by atoms with E-state index >= 15 is 0 Å². The number of nitrogens with zero attached hydrogens (tertiary/aromatic N) is 7. The maximum absolute atomic E-state index is 14.7. The van der Waals surface area contributed by atoms with Gasteiger partial charge in [-0.25, -0.2) is 4.39 Å². The Morgan fingerprint density at radius 3 is 2.74 bits per heavy atom. The lowest BCUT2D eigenvalue weighted by molar-refractivity contribution is -0.128. The van der Waals surface area contributed by atoms with Gasteiger partial charge in [0.2, 0.25) is 5.91 Å². The Kier molecular flexibility index (Phi) is 8.73. The van der Waals surface area contributed by atoms with Gasteiger partial charge < -0.3 is 24.2 Å². The zero-order valence-electron chi connectivity index (χ0n) is 27.1. The van der Waals surface area contributed by atoms with Crippen LogP contribution in [0.5, 0.6) is 6.01 Å². The molecule has 7 rings (SSSR count). The van der Waals surface area contributed by atoms with Gasteiger partial charge in [0.25, 0.3) is 0 Å². The molecule has 1 saturated carbocycles. The van der Waals surface area contributed by atoms with Crippen LogP contribution in [0, 0.1) is 29.5 Å². The molecule has 0 bridgehead atoms. The SMILES string of the molecule is C=CC(=O)N1CCN(c2nc(OCC3(CN4CCOCC4)CC3)nc3c2CCN(c2cccc4ccc(F)c(C)c24)C3)C[C@@H]1CC#N. The van der Waals surface area contributed by atoms with Crippen LogP contribution in [-0.2, 0) is 22.5 Å². The van der Waals surface area contributed by atoms with Crippen molar-refractivity contribution in [3.8, 4) is 12.1 Å². The number of carbonyl (C=O) groups excluding carboxylic acids is 1. The van der Waals surface area contributed by atoms with Gasteiger partial charge in [0.1, 0.15) is 11.6 Å². The average molecular weight is 640 g/mol. The number of fused-ring (bicyclic) bond motifs is 2. The van der Waals surface area contributed by atoms with Crippen LogP contribution in [-0.4, -0.2) is 97.4 Å². The lowest BCUT2D eigenvalue weighted by Gasteiger charge is -2.42. The molecule has 2 saturated heterocycles. The van der Waals surface area contributed by atoms with Gasteiger partial charge >= 0.3 is 6.01 Å². The second kappa shape index (κ2) is 13.1. The van der Waals surface area contributed by atoms with Crippen LogP contribution >= 0.6 is 0 Å². The maximum Gasteiger partial charge on any atom is 0.318 e. The number of hydrogen-bond acceptors (Lipinski definition) is 9. The number of aryl methyl sites for hydroxylation is 1. The van der Waals surface area contributed by atoms with E-state index in [-0.39, 0.29) is 29.6 Å². The number of nitriles is 1. The highest BCUT2D eigenvalue weighted by atomic mass is 19.1. The number of ether oxygens (including phenoxy) is 2. The van der Waals surface area contributed by atoms with Crippen molar-refractivity contribution < 1.29 is 18.7 Å². The highest BCUT2D eigenvalue weighted by Gasteiger charge is 2.45. The predicted molar refractivity (Wildman–Crippen MR) is 178 cm³/mol. The highest BCUT2D eigenvalue weighted by Crippen LogP contribution is 2.47. The molecule has 0 N–H and O–H groups in total. The number of piperazine rings is 1. The van der Waals surface area contributed by atoms with Crippen molar-refractivity contribution in [1.82, 2.24) is 19.8 Å². The molecule has 11 heteroatoms. The van der Waals surface area contributed by atoms with E-state index in [4.69, 9.17) is 19.4 Å². The fourth-order valence-corrected chi connectivity index (χ4v) is 7.41. The molecule has 1 aromatic heterocycles. The Balaban J connectivity index is 1.20. The van der Waals surface area contributed by atoms with Crippen molar-refractivity contribution in [2.24, 2.45) is 5.41 Å². The van der Waals surface area contributed by atoms with Gasteiger partial charge in [-0.15, -0.1) is 0 Å². The summed E-state index contributed by atoms with van der Waals surface area (Å²) < 4.78 is 26.8. The van der Waals surface area contributed by atoms with Crippen molar-refractivity contribution >= 4 is 28.2 Å². The summed E-state index contributed by atoms with van der Waals surface area (Å²) in [7, 11) is 0. The van der Waals surface area contributed by atoms with Gasteiger partial charge in [-0.05, 0) is 55.3 Å². The number of anilines is 2. The molecule has 3 aromatic rings. The Labute approximate surface area is 275 Å². The molecule has 3 fully saturated rings. The molecule has 1 aliphatic carbocycles. The standard InChI is InChI=1S/C36H42FN7O3/c1-3-32(45)44-16-15-43(21-27(44)9-13-38)34-28-10-14-42(31-6-4-5-26-7-8-29(37)25(2)33(26)31)22-30(28)39-35(40-34)47-24-36(11-12-36)23-41-17-19-46-20-18-41/h3-8,27H,1,9-12,14-24H2,2H3/t27-/m0/s1. The van der Waals surface area contributed by atoms with Crippen LogP contribution in [0.25, 0.3) is 10.8 Å². The molecule has 0 unspecified atom stereocenters. The summed E-state index contributed by atoms with van der Waals surface area (Å²) in [4.78, 5) is 31.3. The first-order valence-corrected chi connectivity index (χ1v) is 16.7. The molecule has 3 aliphatic heterocycles. The van der Waals surface area contributed by atoms with E-state index < -0.39 is 0 Å². The third kappa shape index (κ3) is 6.36. The average Bonchev–Trinajstić information content (AvgIpc) is 3.87. The zero-order valence-corrected chi connectivity index (χ0v) is 27.1. The van der Waals surface area contributed by atoms with Crippen LogP contribution in [0.4, 0.5) is 15.9 Å². The minimum atomic E-state index is -0.272. The fraction of sp³-hybridized carbons (Fsp3) is 0.500. The van der Waals surface area contributed by atoms with Crippen molar-refractivity contribution in [3.63, 3.8) is 0 Å². The number of hydrogen-bond donors (Lipinski definition) is 0. The van der Waals surface area contributed by atoms with Crippen molar-refractivity contribution in [1.29, 1.82) is 5.26 Å². The first kappa shape index (κ1) is 31.3. The third-order valence-electron chi connectivity index (χ3n) is 10.3. The summed E-state index contributed by atoms with van der Waals surface area (Å²) in [5, 5.41) is 11.5. The van der Waals surface area contributed by atoms with E-state index in [0.717, 1.165) is 85.8 Å². The smallest absolute Gasteiger partial charge is 0.318 e. The molecule has 10 nitrogen and oxygen atoms in total. The minimum absolute atomic E-state index is 0.0991. The third-order valence-corrected chi connectivity index (χ3v) is 10.3. The molecule has 246 valence electrons. The van der Waals surface area contributed by atoms with Crippen molar-refractivity contribution in [2.75, 3.05) is 75.4 Å². The van der Waals surface area contributed by atoms with E-state index in [0.29, 0.717) is 50.8 Å². The largest absolute Gasteiger partial charge is 0.463 e. The Morgan fingerprint density at radius 1 is 1.15 bits per heavy atom. The van der Waals surface area contributed by atoms with Gasteiger partial charge in [0, 0.05) is 67.9 Å². The van der Waals surface area contributed by atoms with E-state index in [1.54, 1.807) is 4.90 Å². The minimum Gasteiger partial charge on any atom is -0.463 e. The van der Waals surface area contributed by atoms with Crippen LogP contribution in [0.3, 0.4) is 0 Å². The number of carbonyl (C=O) groups is 1. The number of halogens is 1. The molecule has 4 heterocycles. The fourth-order valence-electron chi connectivity index (χ4n) is 7.41. The van der Waals surface area contributed by atoms with Gasteiger partial charge in [0.15, 0.2) is 0 Å². The first-order chi connectivity index (χ1) is 22.9. The predicted octanol–water partition coefficient (Wildman–Crippen LogP) is 4.25. The van der Waals surface area contributed by atoms with Gasteiger partial charge in [0.05, 0.1) is 50.6 Å². The van der Waals surface area contributed by atoms with Gasteiger partial charge in [-0.1, -0.05) is 24.8 Å². The van der Waals surface area contributed by atoms with E-state index in [1.807, 2.05) is 25.1 Å². The maximum atomic E-state index is 14.7. The van der Waals surface area contributed by atoms with Crippen molar-refractivity contribution in [2.45, 2.75) is 45.2 Å². The van der Waals surface area contributed by atoms with Crippen LogP contribution in [0.1, 0.15) is 36.1 Å². The summed E-state index contributed by atoms with van der Waals surface area (Å²) in [6.07, 6.45) is 4.47. The van der Waals surface area contributed by atoms with Gasteiger partial charge in [-0.3, -0.25) is 9.69 Å². The van der Waals surface area contributed by atoms with Crippen LogP contribution < -0.4 is 14.5 Å². The molecule has 0 spiro atoms. The Morgan fingerprint density at radius 2 is 1.98 bits per heavy atom. The summed E-state index contributed by atoms with van der Waals surface area (Å²) in [6.45, 7) is 13.2. The molecule has 0 radical (unpaired) electrons. The molecular weight excluding hydrogens is 597 g/mol. The summed E-state index contributed by atoms with van der Waals surface area (Å²) >= 11 is 0. The topological polar surface area (TPSA) is 98.1 Å². The normalized spacial score (nSPS) is 20.9. The lowest BCUT2D eigenvalue weighted by atomic mass is 9.99. The molecule has 2 aromatic carbocycles. The number of benzene rings is 2. The second-order valence-corrected chi connectivity index (χ2v) is 13.3. The number of rotatable bonds is 9. The molecule has 1 amide bonds. The summed E-state index contributed by atoms with van der Waals surface area (Å²) in [6, 6.07) is 11.8. The quantitative estimate of drug-likeness (QED) is 0.319. The molecule has 1 atom stereocenters. The summed E-state index contributed by atoms with van der Waals surface area (Å²) in [5.41, 5.74) is 3.68. The number of amides is 1. The Bertz CT molecular complexity index is 1710. The van der Waals surface area contributed by atoms with E-state index in [2.05, 4.69) is 33.4 Å². The number of morpholine rings is 1. The highest BCUT2D eigenvalue weighted by molar-refractivity contribution is 5.97. The van der Waals surface area contributed by atoms with Crippen LogP contribution in [0.2, 0.25) is 0 Å². The lowest BCUT2D eigenvalue weighted by Crippen LogP contribution is -2.55. The first-order valence-electron chi connectivity index (χ1n) is 16.7. The van der Waals surface area contributed by atoms with Crippen molar-refractivity contribution in [3.05, 3.63) is 65.6 Å². The van der Waals surface area contributed by atoms with E-state index in [1.165, 1.54) is 12.1 Å².